The van der Waals surface area contributed by atoms with E-state index in [1.165, 1.54) is 18.2 Å². The number of carbonyl (C=O) groups excluding carboxylic acids is 1. The van der Waals surface area contributed by atoms with Crippen molar-refractivity contribution in [3.8, 4) is 11.5 Å². The van der Waals surface area contributed by atoms with E-state index in [-0.39, 0.29) is 29.1 Å². The Kier molecular flexibility index (Phi) is 4.49. The molecule has 0 unspecified atom stereocenters. The number of aliphatic hydroxyl groups excluding tert-OH is 1. The highest BCUT2D eigenvalue weighted by atomic mass is 16.3. The fourth-order valence-electron chi connectivity index (χ4n) is 2.81. The van der Waals surface area contributed by atoms with E-state index in [0.717, 1.165) is 32.1 Å². The first-order valence-electron chi connectivity index (χ1n) is 6.98. The molecule has 0 aliphatic heterocycles. The number of phenolic OH excluding ortho intramolecular Hbond substituents is 2. The number of benzene rings is 1. The molecule has 1 amide bonds. The smallest absolute Gasteiger partial charge is 0.258 e. The van der Waals surface area contributed by atoms with E-state index < -0.39 is 5.91 Å². The van der Waals surface area contributed by atoms with E-state index in [1.807, 2.05) is 0 Å². The van der Waals surface area contributed by atoms with Crippen molar-refractivity contribution in [2.75, 3.05) is 13.2 Å². The molecule has 0 radical (unpaired) electrons. The zero-order valence-corrected chi connectivity index (χ0v) is 11.4. The number of amides is 1. The molecule has 0 spiro atoms. The molecule has 20 heavy (non-hydrogen) atoms. The Hall–Kier alpha value is -1.75. The van der Waals surface area contributed by atoms with Gasteiger partial charge in [0.05, 0.1) is 6.61 Å². The molecule has 0 aromatic heterocycles. The topological polar surface area (TPSA) is 89.8 Å². The SMILES string of the molecule is O=C(NCC1(CO)CCCCC1)c1c(O)cccc1O. The zero-order valence-electron chi connectivity index (χ0n) is 11.4. The van der Waals surface area contributed by atoms with Crippen molar-refractivity contribution in [3.05, 3.63) is 23.8 Å². The number of nitrogens with one attached hydrogen (secondary N) is 1. The Morgan fingerprint density at radius 1 is 1.15 bits per heavy atom. The third-order valence-corrected chi connectivity index (χ3v) is 4.12. The molecule has 110 valence electrons. The third-order valence-electron chi connectivity index (χ3n) is 4.12. The van der Waals surface area contributed by atoms with Gasteiger partial charge in [-0.2, -0.15) is 0 Å². The van der Waals surface area contributed by atoms with Gasteiger partial charge < -0.3 is 20.6 Å². The molecule has 1 aromatic rings. The van der Waals surface area contributed by atoms with Gasteiger partial charge in [0.2, 0.25) is 0 Å². The predicted octanol–water partition coefficient (Wildman–Crippen LogP) is 1.77. The second-order valence-corrected chi connectivity index (χ2v) is 5.57. The van der Waals surface area contributed by atoms with Crippen molar-refractivity contribution >= 4 is 5.91 Å². The first kappa shape index (κ1) is 14.7. The maximum absolute atomic E-state index is 12.1. The van der Waals surface area contributed by atoms with Crippen LogP contribution in [0.4, 0.5) is 0 Å². The van der Waals surface area contributed by atoms with Gasteiger partial charge in [0, 0.05) is 12.0 Å². The van der Waals surface area contributed by atoms with Crippen molar-refractivity contribution in [1.82, 2.24) is 5.32 Å². The van der Waals surface area contributed by atoms with Crippen LogP contribution < -0.4 is 5.32 Å². The highest BCUT2D eigenvalue weighted by molar-refractivity contribution is 5.99. The summed E-state index contributed by atoms with van der Waals surface area (Å²) in [7, 11) is 0. The minimum Gasteiger partial charge on any atom is -0.507 e. The van der Waals surface area contributed by atoms with E-state index in [1.54, 1.807) is 0 Å². The van der Waals surface area contributed by atoms with Crippen LogP contribution in [0, 0.1) is 5.41 Å². The van der Waals surface area contributed by atoms with Gasteiger partial charge in [0.1, 0.15) is 17.1 Å². The number of hydrogen-bond donors (Lipinski definition) is 4. The highest BCUT2D eigenvalue weighted by Crippen LogP contribution is 2.35. The lowest BCUT2D eigenvalue weighted by molar-refractivity contribution is 0.0715. The number of aromatic hydroxyl groups is 2. The van der Waals surface area contributed by atoms with E-state index in [9.17, 15) is 20.1 Å². The van der Waals surface area contributed by atoms with Gasteiger partial charge >= 0.3 is 0 Å². The fraction of sp³-hybridized carbons (Fsp3) is 0.533. The molecule has 1 fully saturated rings. The van der Waals surface area contributed by atoms with E-state index in [4.69, 9.17) is 0 Å². The lowest BCUT2D eigenvalue weighted by Crippen LogP contribution is -2.41. The van der Waals surface area contributed by atoms with Crippen LogP contribution in [0.3, 0.4) is 0 Å². The van der Waals surface area contributed by atoms with Crippen LogP contribution >= 0.6 is 0 Å². The summed E-state index contributed by atoms with van der Waals surface area (Å²) in [4.78, 5) is 12.1. The van der Waals surface area contributed by atoms with Crippen LogP contribution in [0.2, 0.25) is 0 Å². The molecule has 0 saturated heterocycles. The summed E-state index contributed by atoms with van der Waals surface area (Å²) < 4.78 is 0. The highest BCUT2D eigenvalue weighted by Gasteiger charge is 2.32. The van der Waals surface area contributed by atoms with E-state index in [2.05, 4.69) is 5.32 Å². The Balaban J connectivity index is 2.04. The first-order valence-corrected chi connectivity index (χ1v) is 6.98. The van der Waals surface area contributed by atoms with Crippen molar-refractivity contribution in [2.24, 2.45) is 5.41 Å². The van der Waals surface area contributed by atoms with Crippen LogP contribution in [-0.4, -0.2) is 34.4 Å². The molecule has 1 aliphatic carbocycles. The molecule has 2 rings (SSSR count). The average molecular weight is 279 g/mol. The van der Waals surface area contributed by atoms with Crippen molar-refractivity contribution in [3.63, 3.8) is 0 Å². The average Bonchev–Trinajstić information content (AvgIpc) is 2.46. The van der Waals surface area contributed by atoms with Crippen LogP contribution in [0.15, 0.2) is 18.2 Å². The van der Waals surface area contributed by atoms with Gasteiger partial charge in [-0.3, -0.25) is 4.79 Å². The maximum Gasteiger partial charge on any atom is 0.258 e. The van der Waals surface area contributed by atoms with Crippen molar-refractivity contribution in [1.29, 1.82) is 0 Å². The summed E-state index contributed by atoms with van der Waals surface area (Å²) in [5.74, 6) is -1.01. The largest absolute Gasteiger partial charge is 0.507 e. The first-order chi connectivity index (χ1) is 9.58. The standard InChI is InChI=1S/C15H21NO4/c17-10-15(7-2-1-3-8-15)9-16-14(20)13-11(18)5-4-6-12(13)19/h4-6,17-19H,1-3,7-10H2,(H,16,20). The Morgan fingerprint density at radius 2 is 1.75 bits per heavy atom. The minimum absolute atomic E-state index is 0.0417. The van der Waals surface area contributed by atoms with E-state index in [0.29, 0.717) is 6.54 Å². The van der Waals surface area contributed by atoms with Crippen LogP contribution in [0.5, 0.6) is 11.5 Å². The molecule has 1 aromatic carbocycles. The maximum atomic E-state index is 12.1. The summed E-state index contributed by atoms with van der Waals surface area (Å²) in [6.45, 7) is 0.399. The molecule has 5 nitrogen and oxygen atoms in total. The summed E-state index contributed by atoms with van der Waals surface area (Å²) in [5.41, 5.74) is -0.384. The fourth-order valence-corrected chi connectivity index (χ4v) is 2.81. The summed E-state index contributed by atoms with van der Waals surface area (Å²) in [6, 6.07) is 4.19. The molecule has 0 heterocycles. The molecular formula is C15H21NO4. The monoisotopic (exact) mass is 279 g/mol. The van der Waals surface area contributed by atoms with Gasteiger partial charge in [-0.1, -0.05) is 25.3 Å². The Bertz CT molecular complexity index is 461. The summed E-state index contributed by atoms with van der Waals surface area (Å²) >= 11 is 0. The van der Waals surface area contributed by atoms with Crippen LogP contribution in [0.25, 0.3) is 0 Å². The van der Waals surface area contributed by atoms with Gasteiger partial charge in [-0.15, -0.1) is 0 Å². The number of rotatable bonds is 4. The van der Waals surface area contributed by atoms with Gasteiger partial charge in [0.25, 0.3) is 5.91 Å². The predicted molar refractivity (Wildman–Crippen MR) is 74.7 cm³/mol. The molecule has 0 bridgehead atoms. The second-order valence-electron chi connectivity index (χ2n) is 5.57. The normalized spacial score (nSPS) is 17.6. The summed E-state index contributed by atoms with van der Waals surface area (Å²) in [5, 5.41) is 31.6. The van der Waals surface area contributed by atoms with Gasteiger partial charge in [-0.25, -0.2) is 0 Å². The molecule has 1 aliphatic rings. The molecule has 0 atom stereocenters. The van der Waals surface area contributed by atoms with Crippen molar-refractivity contribution in [2.45, 2.75) is 32.1 Å². The molecular weight excluding hydrogens is 258 g/mol. The van der Waals surface area contributed by atoms with E-state index >= 15 is 0 Å². The third kappa shape index (κ3) is 3.04. The second kappa shape index (κ2) is 6.13. The molecule has 4 N–H and O–H groups in total. The lowest BCUT2D eigenvalue weighted by Gasteiger charge is -2.35. The lowest BCUT2D eigenvalue weighted by atomic mass is 9.74. The van der Waals surface area contributed by atoms with Gasteiger partial charge in [-0.05, 0) is 25.0 Å². The Morgan fingerprint density at radius 3 is 2.30 bits per heavy atom. The minimum atomic E-state index is -0.515. The van der Waals surface area contributed by atoms with Crippen LogP contribution in [0.1, 0.15) is 42.5 Å². The quantitative estimate of drug-likeness (QED) is 0.676. The number of phenols is 2. The van der Waals surface area contributed by atoms with Crippen molar-refractivity contribution < 1.29 is 20.1 Å². The molecule has 1 saturated carbocycles. The number of carbonyl (C=O) groups is 1. The zero-order chi connectivity index (χ0) is 14.6. The van der Waals surface area contributed by atoms with Crippen LogP contribution in [-0.2, 0) is 0 Å². The Labute approximate surface area is 118 Å². The van der Waals surface area contributed by atoms with Gasteiger partial charge in [0.15, 0.2) is 0 Å². The molecule has 5 heteroatoms. The number of hydrogen-bond acceptors (Lipinski definition) is 4. The summed E-state index contributed by atoms with van der Waals surface area (Å²) in [6.07, 6.45) is 5.04. The number of aliphatic hydroxyl groups is 1.